The third-order valence-corrected chi connectivity index (χ3v) is 3.43. The molecule has 0 saturated carbocycles. The van der Waals surface area contributed by atoms with Crippen molar-refractivity contribution in [2.24, 2.45) is 0 Å². The fourth-order valence-corrected chi connectivity index (χ4v) is 2.53. The van der Waals surface area contributed by atoms with Crippen molar-refractivity contribution in [2.75, 3.05) is 6.61 Å². The van der Waals surface area contributed by atoms with Gasteiger partial charge in [-0.15, -0.1) is 0 Å². The normalized spacial score (nSPS) is 12.3. The highest BCUT2D eigenvalue weighted by Crippen LogP contribution is 2.44. The first kappa shape index (κ1) is 16.6. The lowest BCUT2D eigenvalue weighted by Gasteiger charge is -2.30. The molecule has 1 aromatic rings. The Labute approximate surface area is 123 Å². The van der Waals surface area contributed by atoms with Crippen molar-refractivity contribution in [1.29, 1.82) is 0 Å². The zero-order chi connectivity index (χ0) is 15.7. The molecular weight excluding hydrogens is 248 g/mol. The Morgan fingerprint density at radius 3 is 2.10 bits per heavy atom. The summed E-state index contributed by atoms with van der Waals surface area (Å²) in [6.45, 7) is 18.8. The Balaban J connectivity index is 3.61. The van der Waals surface area contributed by atoms with Crippen LogP contribution in [-0.4, -0.2) is 11.7 Å². The molecule has 0 spiro atoms. The number of phenols is 1. The van der Waals surface area contributed by atoms with Gasteiger partial charge < -0.3 is 9.84 Å². The van der Waals surface area contributed by atoms with Crippen LogP contribution < -0.4 is 4.74 Å². The third kappa shape index (κ3) is 3.36. The first-order valence-electron chi connectivity index (χ1n) is 7.11. The van der Waals surface area contributed by atoms with Crippen LogP contribution in [0, 0.1) is 6.92 Å². The standard InChI is InChI=1S/C18H28O2/c1-9-10-20-14-11-13(17(3,4)5)16(19)15(12(14)2)18(6,7)8/h9,11,19H,1,10H2,2-8H3. The highest BCUT2D eigenvalue weighted by Gasteiger charge is 2.29. The predicted octanol–water partition coefficient (Wildman–Crippen LogP) is 4.86. The fourth-order valence-electron chi connectivity index (χ4n) is 2.53. The van der Waals surface area contributed by atoms with Crippen molar-refractivity contribution in [3.05, 3.63) is 35.4 Å². The number of rotatable bonds is 3. The summed E-state index contributed by atoms with van der Waals surface area (Å²) >= 11 is 0. The first-order valence-corrected chi connectivity index (χ1v) is 7.11. The van der Waals surface area contributed by atoms with Crippen molar-refractivity contribution in [2.45, 2.75) is 59.3 Å². The summed E-state index contributed by atoms with van der Waals surface area (Å²) in [6, 6.07) is 1.96. The minimum atomic E-state index is -0.137. The Bertz CT molecular complexity index is 500. The van der Waals surface area contributed by atoms with Crippen molar-refractivity contribution in [1.82, 2.24) is 0 Å². The Morgan fingerprint density at radius 2 is 1.70 bits per heavy atom. The van der Waals surface area contributed by atoms with E-state index in [9.17, 15) is 5.11 Å². The van der Waals surface area contributed by atoms with E-state index in [-0.39, 0.29) is 10.8 Å². The first-order chi connectivity index (χ1) is 9.00. The Hall–Kier alpha value is -1.44. The molecule has 0 saturated heterocycles. The second-order valence-electron chi connectivity index (χ2n) is 7.37. The topological polar surface area (TPSA) is 29.5 Å². The molecule has 0 bridgehead atoms. The van der Waals surface area contributed by atoms with Crippen LogP contribution in [0.2, 0.25) is 0 Å². The quantitative estimate of drug-likeness (QED) is 0.799. The zero-order valence-electron chi connectivity index (χ0n) is 13.9. The van der Waals surface area contributed by atoms with E-state index in [2.05, 4.69) is 48.1 Å². The largest absolute Gasteiger partial charge is 0.507 e. The minimum Gasteiger partial charge on any atom is -0.507 e. The smallest absolute Gasteiger partial charge is 0.123 e. The molecule has 0 aromatic heterocycles. The van der Waals surface area contributed by atoms with Crippen LogP contribution in [0.25, 0.3) is 0 Å². The van der Waals surface area contributed by atoms with Crippen LogP contribution in [0.3, 0.4) is 0 Å². The summed E-state index contributed by atoms with van der Waals surface area (Å²) in [5.41, 5.74) is 2.62. The maximum absolute atomic E-state index is 10.7. The summed E-state index contributed by atoms with van der Waals surface area (Å²) in [5, 5.41) is 10.7. The lowest BCUT2D eigenvalue weighted by Crippen LogP contribution is -2.19. The van der Waals surface area contributed by atoms with Crippen LogP contribution >= 0.6 is 0 Å². The minimum absolute atomic E-state index is 0.135. The molecule has 0 aliphatic carbocycles. The van der Waals surface area contributed by atoms with Gasteiger partial charge in [-0.05, 0) is 29.4 Å². The summed E-state index contributed by atoms with van der Waals surface area (Å²) in [6.07, 6.45) is 1.74. The number of phenolic OH excluding ortho intramolecular Hbond substituents is 1. The maximum Gasteiger partial charge on any atom is 0.123 e. The molecule has 1 rings (SSSR count). The number of hydrogen-bond acceptors (Lipinski definition) is 2. The predicted molar refractivity (Wildman–Crippen MR) is 85.9 cm³/mol. The van der Waals surface area contributed by atoms with Gasteiger partial charge in [0.15, 0.2) is 0 Å². The molecule has 20 heavy (non-hydrogen) atoms. The van der Waals surface area contributed by atoms with E-state index < -0.39 is 0 Å². The number of ether oxygens (including phenoxy) is 1. The Morgan fingerprint density at radius 1 is 1.15 bits per heavy atom. The van der Waals surface area contributed by atoms with Crippen LogP contribution in [0.4, 0.5) is 0 Å². The summed E-state index contributed by atoms with van der Waals surface area (Å²) in [5.74, 6) is 1.23. The van der Waals surface area contributed by atoms with Gasteiger partial charge in [-0.2, -0.15) is 0 Å². The Kier molecular flexibility index (Phi) is 4.58. The average molecular weight is 276 g/mol. The fraction of sp³-hybridized carbons (Fsp3) is 0.556. The van der Waals surface area contributed by atoms with Gasteiger partial charge in [0.05, 0.1) is 0 Å². The van der Waals surface area contributed by atoms with Gasteiger partial charge in [0, 0.05) is 11.1 Å². The summed E-state index contributed by atoms with van der Waals surface area (Å²) in [4.78, 5) is 0. The van der Waals surface area contributed by atoms with Crippen LogP contribution in [-0.2, 0) is 10.8 Å². The van der Waals surface area contributed by atoms with Crippen LogP contribution in [0.5, 0.6) is 11.5 Å². The van der Waals surface area contributed by atoms with Gasteiger partial charge in [0.1, 0.15) is 18.1 Å². The molecule has 0 unspecified atom stereocenters. The molecule has 0 amide bonds. The molecule has 0 heterocycles. The molecule has 2 heteroatoms. The summed E-state index contributed by atoms with van der Waals surface area (Å²) < 4.78 is 5.78. The van der Waals surface area contributed by atoms with E-state index >= 15 is 0 Å². The maximum atomic E-state index is 10.7. The highest BCUT2D eigenvalue weighted by molar-refractivity contribution is 5.57. The third-order valence-electron chi connectivity index (χ3n) is 3.43. The lowest BCUT2D eigenvalue weighted by atomic mass is 9.77. The molecular formula is C18H28O2. The molecule has 0 aliphatic rings. The molecule has 2 nitrogen and oxygen atoms in total. The molecule has 0 fully saturated rings. The molecule has 112 valence electrons. The zero-order valence-corrected chi connectivity index (χ0v) is 13.9. The van der Waals surface area contributed by atoms with Crippen LogP contribution in [0.1, 0.15) is 58.2 Å². The molecule has 0 radical (unpaired) electrons. The van der Waals surface area contributed by atoms with E-state index in [4.69, 9.17) is 4.74 Å². The SMILES string of the molecule is C=CCOc1cc(C(C)(C)C)c(O)c(C(C)(C)C)c1C. The van der Waals surface area contributed by atoms with Crippen LogP contribution in [0.15, 0.2) is 18.7 Å². The molecule has 0 atom stereocenters. The number of aromatic hydroxyl groups is 1. The van der Waals surface area contributed by atoms with Gasteiger partial charge in [0.2, 0.25) is 0 Å². The van der Waals surface area contributed by atoms with E-state index in [1.54, 1.807) is 6.08 Å². The van der Waals surface area contributed by atoms with Crippen molar-refractivity contribution < 1.29 is 9.84 Å². The van der Waals surface area contributed by atoms with Crippen molar-refractivity contribution >= 4 is 0 Å². The van der Waals surface area contributed by atoms with Gasteiger partial charge in [0.25, 0.3) is 0 Å². The number of hydrogen-bond donors (Lipinski definition) is 1. The highest BCUT2D eigenvalue weighted by atomic mass is 16.5. The second-order valence-corrected chi connectivity index (χ2v) is 7.37. The molecule has 0 aliphatic heterocycles. The number of benzene rings is 1. The molecule has 1 N–H and O–H groups in total. The van der Waals surface area contributed by atoms with E-state index in [1.807, 2.05) is 13.0 Å². The van der Waals surface area contributed by atoms with E-state index in [0.29, 0.717) is 12.4 Å². The van der Waals surface area contributed by atoms with Gasteiger partial charge in [-0.25, -0.2) is 0 Å². The lowest BCUT2D eigenvalue weighted by molar-refractivity contribution is 0.352. The average Bonchev–Trinajstić information content (AvgIpc) is 2.24. The van der Waals surface area contributed by atoms with Crippen molar-refractivity contribution in [3.8, 4) is 11.5 Å². The van der Waals surface area contributed by atoms with E-state index in [1.165, 1.54) is 0 Å². The van der Waals surface area contributed by atoms with Gasteiger partial charge >= 0.3 is 0 Å². The monoisotopic (exact) mass is 276 g/mol. The van der Waals surface area contributed by atoms with Gasteiger partial charge in [-0.1, -0.05) is 54.2 Å². The second kappa shape index (κ2) is 5.51. The molecule has 1 aromatic carbocycles. The van der Waals surface area contributed by atoms with E-state index in [0.717, 1.165) is 22.4 Å². The summed E-state index contributed by atoms with van der Waals surface area (Å²) in [7, 11) is 0. The van der Waals surface area contributed by atoms with Gasteiger partial charge in [-0.3, -0.25) is 0 Å². The van der Waals surface area contributed by atoms with Crippen molar-refractivity contribution in [3.63, 3.8) is 0 Å².